The van der Waals surface area contributed by atoms with Gasteiger partial charge in [0.15, 0.2) is 0 Å². The number of hydrogen-bond acceptors (Lipinski definition) is 3. The molecule has 1 unspecified atom stereocenters. The van der Waals surface area contributed by atoms with Gasteiger partial charge in [0, 0.05) is 27.9 Å². The molecule has 0 bridgehead atoms. The normalized spacial score (nSPS) is 16.7. The van der Waals surface area contributed by atoms with Crippen LogP contribution in [-0.2, 0) is 6.42 Å². The fourth-order valence-corrected chi connectivity index (χ4v) is 3.63. The zero-order valence-electron chi connectivity index (χ0n) is 11.0. The largest absolute Gasteiger partial charge is 0.384 e. The summed E-state index contributed by atoms with van der Waals surface area (Å²) in [6.07, 6.45) is 1.09. The van der Waals surface area contributed by atoms with Gasteiger partial charge in [0.2, 0.25) is 5.91 Å². The molecule has 0 spiro atoms. The average molecular weight is 284 g/mol. The van der Waals surface area contributed by atoms with Gasteiger partial charge in [-0.05, 0) is 36.2 Å². The van der Waals surface area contributed by atoms with E-state index in [4.69, 9.17) is 5.73 Å². The highest BCUT2D eigenvalue weighted by Crippen LogP contribution is 2.36. The van der Waals surface area contributed by atoms with Crippen LogP contribution in [0.5, 0.6) is 0 Å². The van der Waals surface area contributed by atoms with Crippen LogP contribution in [-0.4, -0.2) is 17.7 Å². The summed E-state index contributed by atoms with van der Waals surface area (Å²) in [4.78, 5) is 12.5. The molecule has 0 saturated heterocycles. The van der Waals surface area contributed by atoms with E-state index < -0.39 is 5.91 Å². The molecular formula is C16H16N2OS. The third-order valence-electron chi connectivity index (χ3n) is 3.39. The fraction of sp³-hybridized carbons (Fsp3) is 0.188. The van der Waals surface area contributed by atoms with Gasteiger partial charge >= 0.3 is 0 Å². The van der Waals surface area contributed by atoms with E-state index in [0.29, 0.717) is 10.8 Å². The highest BCUT2D eigenvalue weighted by Gasteiger charge is 2.21. The molecule has 1 amide bonds. The van der Waals surface area contributed by atoms with Gasteiger partial charge in [-0.15, -0.1) is 11.8 Å². The van der Waals surface area contributed by atoms with E-state index in [-0.39, 0.29) is 0 Å². The molecule has 1 heterocycles. The van der Waals surface area contributed by atoms with Crippen molar-refractivity contribution in [1.29, 1.82) is 0 Å². The van der Waals surface area contributed by atoms with Gasteiger partial charge < -0.3 is 11.1 Å². The molecule has 3 rings (SSSR count). The number of rotatable bonds is 4. The third kappa shape index (κ3) is 2.80. The number of nitrogens with two attached hydrogens (primary N) is 1. The molecule has 2 aromatic carbocycles. The number of carbonyl (C=O) groups is 1. The van der Waals surface area contributed by atoms with Crippen molar-refractivity contribution in [3.05, 3.63) is 59.7 Å². The van der Waals surface area contributed by atoms with Crippen LogP contribution in [0.15, 0.2) is 53.4 Å². The highest BCUT2D eigenvalue weighted by molar-refractivity contribution is 8.00. The Morgan fingerprint density at radius 2 is 2.10 bits per heavy atom. The fourth-order valence-electron chi connectivity index (χ4n) is 2.38. The van der Waals surface area contributed by atoms with Crippen molar-refractivity contribution in [1.82, 2.24) is 0 Å². The number of benzene rings is 2. The minimum absolute atomic E-state index is 0.392. The predicted molar refractivity (Wildman–Crippen MR) is 83.2 cm³/mol. The number of carbonyl (C=O) groups excluding carboxylic acids is 1. The zero-order valence-corrected chi connectivity index (χ0v) is 11.8. The lowest BCUT2D eigenvalue weighted by molar-refractivity contribution is 0.100. The highest BCUT2D eigenvalue weighted by atomic mass is 32.2. The standard InChI is InChI=1S/C16H16N2OS/c17-16(19)12-5-3-6-13(8-12)18-10-14-9-11-4-1-2-7-15(11)20-14/h1-8,14,18H,9-10H2,(H2,17,19). The van der Waals surface area contributed by atoms with E-state index in [1.54, 1.807) is 12.1 Å². The number of nitrogens with one attached hydrogen (secondary N) is 1. The van der Waals surface area contributed by atoms with Crippen molar-refractivity contribution in [2.75, 3.05) is 11.9 Å². The Balaban J connectivity index is 1.61. The van der Waals surface area contributed by atoms with Crippen molar-refractivity contribution < 1.29 is 4.79 Å². The molecule has 1 aliphatic rings. The second kappa shape index (κ2) is 5.59. The van der Waals surface area contributed by atoms with E-state index in [0.717, 1.165) is 18.7 Å². The van der Waals surface area contributed by atoms with Gasteiger partial charge in [-0.3, -0.25) is 4.79 Å². The smallest absolute Gasteiger partial charge is 0.248 e. The molecule has 1 atom stereocenters. The molecule has 4 heteroatoms. The number of fused-ring (bicyclic) bond motifs is 1. The van der Waals surface area contributed by atoms with Crippen molar-refractivity contribution in [3.8, 4) is 0 Å². The lowest BCUT2D eigenvalue weighted by Crippen LogP contribution is -2.16. The summed E-state index contributed by atoms with van der Waals surface area (Å²) in [5.41, 5.74) is 8.20. The molecule has 0 radical (unpaired) electrons. The van der Waals surface area contributed by atoms with Crippen molar-refractivity contribution in [2.45, 2.75) is 16.6 Å². The van der Waals surface area contributed by atoms with Crippen LogP contribution in [0.4, 0.5) is 5.69 Å². The average Bonchev–Trinajstić information content (AvgIpc) is 2.88. The molecule has 0 aromatic heterocycles. The minimum atomic E-state index is -0.392. The second-order valence-corrected chi connectivity index (χ2v) is 6.22. The van der Waals surface area contributed by atoms with E-state index in [2.05, 4.69) is 29.6 Å². The van der Waals surface area contributed by atoms with Crippen LogP contribution < -0.4 is 11.1 Å². The lowest BCUT2D eigenvalue weighted by Gasteiger charge is -2.11. The maximum absolute atomic E-state index is 11.2. The maximum atomic E-state index is 11.2. The monoisotopic (exact) mass is 284 g/mol. The third-order valence-corrected chi connectivity index (χ3v) is 4.71. The Morgan fingerprint density at radius 1 is 1.25 bits per heavy atom. The minimum Gasteiger partial charge on any atom is -0.384 e. The summed E-state index contributed by atoms with van der Waals surface area (Å²) in [5, 5.41) is 3.92. The number of amides is 1. The van der Waals surface area contributed by atoms with Gasteiger partial charge in [0.05, 0.1) is 0 Å². The van der Waals surface area contributed by atoms with Crippen LogP contribution >= 0.6 is 11.8 Å². The summed E-state index contributed by atoms with van der Waals surface area (Å²) >= 11 is 1.91. The van der Waals surface area contributed by atoms with Crippen LogP contribution in [0.2, 0.25) is 0 Å². The number of anilines is 1. The predicted octanol–water partition coefficient (Wildman–Crippen LogP) is 2.91. The van der Waals surface area contributed by atoms with Crippen molar-refractivity contribution in [2.24, 2.45) is 5.73 Å². The summed E-state index contributed by atoms with van der Waals surface area (Å²) in [6, 6.07) is 15.9. The molecular weight excluding hydrogens is 268 g/mol. The Kier molecular flexibility index (Phi) is 3.65. The first-order valence-electron chi connectivity index (χ1n) is 6.60. The van der Waals surface area contributed by atoms with Crippen LogP contribution in [0, 0.1) is 0 Å². The van der Waals surface area contributed by atoms with E-state index >= 15 is 0 Å². The van der Waals surface area contributed by atoms with Crippen molar-refractivity contribution >= 4 is 23.4 Å². The quantitative estimate of drug-likeness (QED) is 0.907. The summed E-state index contributed by atoms with van der Waals surface area (Å²) in [7, 11) is 0. The van der Waals surface area contributed by atoms with Crippen LogP contribution in [0.1, 0.15) is 15.9 Å². The molecule has 0 fully saturated rings. The number of hydrogen-bond donors (Lipinski definition) is 2. The Labute approximate surface area is 122 Å². The van der Waals surface area contributed by atoms with Gasteiger partial charge in [-0.1, -0.05) is 24.3 Å². The van der Waals surface area contributed by atoms with Gasteiger partial charge in [-0.25, -0.2) is 0 Å². The molecule has 0 saturated carbocycles. The van der Waals surface area contributed by atoms with Crippen LogP contribution in [0.3, 0.4) is 0 Å². The zero-order chi connectivity index (χ0) is 13.9. The summed E-state index contributed by atoms with van der Waals surface area (Å²) in [6.45, 7) is 0.877. The van der Waals surface area contributed by atoms with E-state index in [1.165, 1.54) is 10.5 Å². The van der Waals surface area contributed by atoms with E-state index in [1.807, 2.05) is 23.9 Å². The SMILES string of the molecule is NC(=O)c1cccc(NCC2Cc3ccccc3S2)c1. The number of thioether (sulfide) groups is 1. The molecule has 3 N–H and O–H groups in total. The number of primary amides is 1. The first kappa shape index (κ1) is 13.1. The lowest BCUT2D eigenvalue weighted by atomic mass is 10.1. The topological polar surface area (TPSA) is 55.1 Å². The molecule has 1 aliphatic heterocycles. The van der Waals surface area contributed by atoms with Gasteiger partial charge in [-0.2, -0.15) is 0 Å². The van der Waals surface area contributed by atoms with E-state index in [9.17, 15) is 4.79 Å². The summed E-state index contributed by atoms with van der Waals surface area (Å²) in [5.74, 6) is -0.392. The van der Waals surface area contributed by atoms with Gasteiger partial charge in [0.25, 0.3) is 0 Å². The van der Waals surface area contributed by atoms with Crippen LogP contribution in [0.25, 0.3) is 0 Å². The Hall–Kier alpha value is -1.94. The van der Waals surface area contributed by atoms with Crippen molar-refractivity contribution in [3.63, 3.8) is 0 Å². The second-order valence-electron chi connectivity index (χ2n) is 4.88. The Bertz CT molecular complexity index is 617. The molecule has 3 nitrogen and oxygen atoms in total. The molecule has 0 aliphatic carbocycles. The maximum Gasteiger partial charge on any atom is 0.248 e. The molecule has 2 aromatic rings. The Morgan fingerprint density at radius 3 is 2.90 bits per heavy atom. The molecule has 20 heavy (non-hydrogen) atoms. The summed E-state index contributed by atoms with van der Waals surface area (Å²) < 4.78 is 0. The first-order valence-corrected chi connectivity index (χ1v) is 7.48. The molecule has 102 valence electrons. The van der Waals surface area contributed by atoms with Gasteiger partial charge in [0.1, 0.15) is 0 Å². The first-order chi connectivity index (χ1) is 9.72.